The van der Waals surface area contributed by atoms with E-state index in [2.05, 4.69) is 18.5 Å². The molecule has 0 bridgehead atoms. The Morgan fingerprint density at radius 2 is 1.79 bits per heavy atom. The lowest BCUT2D eigenvalue weighted by Crippen LogP contribution is -2.49. The number of rotatable bonds is 10. The minimum absolute atomic E-state index is 0.228. The van der Waals surface area contributed by atoms with E-state index >= 15 is 0 Å². The van der Waals surface area contributed by atoms with E-state index in [1.165, 1.54) is 6.07 Å². The summed E-state index contributed by atoms with van der Waals surface area (Å²) in [5.74, 6) is -0.507. The van der Waals surface area contributed by atoms with Crippen LogP contribution in [-0.2, 0) is 4.79 Å². The predicted octanol–water partition coefficient (Wildman–Crippen LogP) is 3.87. The highest BCUT2D eigenvalue weighted by Gasteiger charge is 2.31. The second-order valence-corrected chi connectivity index (χ2v) is 7.60. The summed E-state index contributed by atoms with van der Waals surface area (Å²) in [7, 11) is 0. The Hall–Kier alpha value is -3.84. The number of hydrogen-bond acceptors (Lipinski definition) is 5. The fraction of sp³-hybridized carbons (Fsp3) is 0.231. The third-order valence-electron chi connectivity index (χ3n) is 4.85. The molecule has 2 rings (SSSR count). The number of amides is 2. The summed E-state index contributed by atoms with van der Waals surface area (Å²) in [5, 5.41) is 11.9. The van der Waals surface area contributed by atoms with Crippen LogP contribution in [0.1, 0.15) is 24.2 Å². The van der Waals surface area contributed by atoms with Gasteiger partial charge in [0.2, 0.25) is 0 Å². The van der Waals surface area contributed by atoms with Crippen LogP contribution < -0.4 is 20.4 Å². The lowest BCUT2D eigenvalue weighted by Gasteiger charge is -2.36. The summed E-state index contributed by atoms with van der Waals surface area (Å²) in [6.45, 7) is 12.5. The summed E-state index contributed by atoms with van der Waals surface area (Å²) in [6.07, 6.45) is 13.9. The number of nitrogens with one attached hydrogen (secondary N) is 2. The van der Waals surface area contributed by atoms with Crippen LogP contribution in [0.15, 0.2) is 91.1 Å². The van der Waals surface area contributed by atoms with Gasteiger partial charge in [0.15, 0.2) is 6.10 Å². The van der Waals surface area contributed by atoms with E-state index in [1.54, 1.807) is 29.8 Å². The van der Waals surface area contributed by atoms with Gasteiger partial charge in [0, 0.05) is 18.7 Å². The third kappa shape index (κ3) is 7.66. The molecule has 1 atom stereocenters. The summed E-state index contributed by atoms with van der Waals surface area (Å²) < 4.78 is 5.96. The fourth-order valence-corrected chi connectivity index (χ4v) is 3.20. The monoisotopic (exact) mass is 449 g/mol. The lowest BCUT2D eigenvalue weighted by molar-refractivity contribution is -0.127. The molecule has 1 aliphatic heterocycles. The van der Waals surface area contributed by atoms with Gasteiger partial charge in [0.25, 0.3) is 11.8 Å². The largest absolute Gasteiger partial charge is 0.477 e. The Bertz CT molecular complexity index is 1000. The standard InChI is InChI=1S/C26H31N3O4/c1-5-7-9-11-19(3)16-27-26(31)24-18-29(17-20(4)12-10-8-6-2)22-14-13-21(25(30)28-32)15-23(22)33-24/h5-15,24,32H,1-2,16-18H2,3-4H3,(H,27,31)(H,28,30)/b9-7-,10-8-,19-11+,20-12+. The SMILES string of the molecule is C=C/C=C\C=C(/C)CNC(=O)C1CN(C/C(C)=C/C=C\C=C)c2ccc(C(=O)NO)cc2O1. The van der Waals surface area contributed by atoms with Gasteiger partial charge in [-0.25, -0.2) is 5.48 Å². The van der Waals surface area contributed by atoms with Crippen molar-refractivity contribution in [3.05, 3.63) is 96.7 Å². The average Bonchev–Trinajstić information content (AvgIpc) is 2.81. The first-order valence-electron chi connectivity index (χ1n) is 10.6. The van der Waals surface area contributed by atoms with Crippen LogP contribution >= 0.6 is 0 Å². The van der Waals surface area contributed by atoms with E-state index in [0.29, 0.717) is 25.4 Å². The topological polar surface area (TPSA) is 90.9 Å². The second-order valence-electron chi connectivity index (χ2n) is 7.60. The minimum Gasteiger partial charge on any atom is -0.477 e. The molecule has 0 aliphatic carbocycles. The van der Waals surface area contributed by atoms with Crippen LogP contribution in [0.2, 0.25) is 0 Å². The molecule has 1 unspecified atom stereocenters. The molecule has 0 spiro atoms. The molecule has 0 fully saturated rings. The van der Waals surface area contributed by atoms with Crippen molar-refractivity contribution in [3.8, 4) is 5.75 Å². The van der Waals surface area contributed by atoms with Gasteiger partial charge in [-0.05, 0) is 32.0 Å². The first-order valence-corrected chi connectivity index (χ1v) is 10.6. The van der Waals surface area contributed by atoms with Gasteiger partial charge in [-0.2, -0.15) is 0 Å². The molecule has 1 aliphatic rings. The predicted molar refractivity (Wildman–Crippen MR) is 132 cm³/mol. The van der Waals surface area contributed by atoms with Crippen molar-refractivity contribution in [1.29, 1.82) is 0 Å². The first kappa shape index (κ1) is 25.4. The van der Waals surface area contributed by atoms with Gasteiger partial charge in [-0.3, -0.25) is 14.8 Å². The number of fused-ring (bicyclic) bond motifs is 1. The number of carbonyl (C=O) groups excluding carboxylic acids is 2. The van der Waals surface area contributed by atoms with E-state index in [-0.39, 0.29) is 11.5 Å². The van der Waals surface area contributed by atoms with Crippen LogP contribution in [-0.4, -0.2) is 42.8 Å². The van der Waals surface area contributed by atoms with Crippen molar-refractivity contribution in [2.24, 2.45) is 0 Å². The molecule has 7 nitrogen and oxygen atoms in total. The van der Waals surface area contributed by atoms with Crippen LogP contribution in [0, 0.1) is 0 Å². The maximum Gasteiger partial charge on any atom is 0.274 e. The molecule has 2 amide bonds. The molecule has 1 heterocycles. The molecule has 3 N–H and O–H groups in total. The Morgan fingerprint density at radius 1 is 1.12 bits per heavy atom. The van der Waals surface area contributed by atoms with E-state index in [1.807, 2.05) is 55.2 Å². The number of carbonyl (C=O) groups is 2. The molecule has 0 saturated carbocycles. The normalized spacial score (nSPS) is 16.3. The van der Waals surface area contributed by atoms with Crippen LogP contribution in [0.3, 0.4) is 0 Å². The average molecular weight is 450 g/mol. The van der Waals surface area contributed by atoms with E-state index in [0.717, 1.165) is 16.8 Å². The molecule has 1 aromatic rings. The number of anilines is 1. The minimum atomic E-state index is -0.766. The zero-order chi connectivity index (χ0) is 24.2. The maximum atomic E-state index is 12.9. The van der Waals surface area contributed by atoms with E-state index in [4.69, 9.17) is 9.94 Å². The molecule has 0 saturated heterocycles. The summed E-state index contributed by atoms with van der Waals surface area (Å²) in [6, 6.07) is 4.87. The van der Waals surface area contributed by atoms with E-state index < -0.39 is 12.0 Å². The van der Waals surface area contributed by atoms with Crippen LogP contribution in [0.25, 0.3) is 0 Å². The van der Waals surface area contributed by atoms with Gasteiger partial charge in [-0.15, -0.1) is 0 Å². The first-order chi connectivity index (χ1) is 15.9. The van der Waals surface area contributed by atoms with Gasteiger partial charge in [-0.1, -0.05) is 72.9 Å². The maximum absolute atomic E-state index is 12.9. The van der Waals surface area contributed by atoms with Crippen molar-refractivity contribution in [3.63, 3.8) is 0 Å². The van der Waals surface area contributed by atoms with Crippen LogP contribution in [0.4, 0.5) is 5.69 Å². The fourth-order valence-electron chi connectivity index (χ4n) is 3.20. The quantitative estimate of drug-likeness (QED) is 0.287. The molecular formula is C26H31N3O4. The highest BCUT2D eigenvalue weighted by molar-refractivity contribution is 5.95. The molecule has 0 aromatic heterocycles. The molecule has 174 valence electrons. The van der Waals surface area contributed by atoms with Gasteiger partial charge in [0.1, 0.15) is 5.75 Å². The smallest absolute Gasteiger partial charge is 0.274 e. The zero-order valence-electron chi connectivity index (χ0n) is 19.1. The Labute approximate surface area is 195 Å². The highest BCUT2D eigenvalue weighted by Crippen LogP contribution is 2.35. The molecule has 0 radical (unpaired) electrons. The number of hydroxylamine groups is 1. The van der Waals surface area contributed by atoms with Gasteiger partial charge in [0.05, 0.1) is 12.2 Å². The Morgan fingerprint density at radius 3 is 2.42 bits per heavy atom. The summed E-state index contributed by atoms with van der Waals surface area (Å²) >= 11 is 0. The highest BCUT2D eigenvalue weighted by atomic mass is 16.5. The van der Waals surface area contributed by atoms with Gasteiger partial charge >= 0.3 is 0 Å². The Balaban J connectivity index is 2.24. The van der Waals surface area contributed by atoms with Crippen LogP contribution in [0.5, 0.6) is 5.75 Å². The van der Waals surface area contributed by atoms with Gasteiger partial charge < -0.3 is 15.0 Å². The molecular weight excluding hydrogens is 418 g/mol. The molecule has 7 heteroatoms. The number of ether oxygens (including phenoxy) is 1. The number of hydrogen-bond donors (Lipinski definition) is 3. The molecule has 1 aromatic carbocycles. The lowest BCUT2D eigenvalue weighted by atomic mass is 10.1. The molecule has 33 heavy (non-hydrogen) atoms. The van der Waals surface area contributed by atoms with Crippen molar-refractivity contribution in [2.75, 3.05) is 24.5 Å². The summed E-state index contributed by atoms with van der Waals surface area (Å²) in [5.41, 5.74) is 4.66. The van der Waals surface area contributed by atoms with Crippen molar-refractivity contribution in [2.45, 2.75) is 20.0 Å². The Kier molecular flexibility index (Phi) is 9.92. The van der Waals surface area contributed by atoms with Crippen molar-refractivity contribution < 1.29 is 19.5 Å². The second kappa shape index (κ2) is 12.9. The van der Waals surface area contributed by atoms with Crippen molar-refractivity contribution >= 4 is 17.5 Å². The zero-order valence-corrected chi connectivity index (χ0v) is 19.1. The third-order valence-corrected chi connectivity index (χ3v) is 4.85. The van der Waals surface area contributed by atoms with E-state index in [9.17, 15) is 9.59 Å². The number of benzene rings is 1. The number of nitrogens with zero attached hydrogens (tertiary/aromatic N) is 1. The van der Waals surface area contributed by atoms with Crippen molar-refractivity contribution in [1.82, 2.24) is 10.8 Å². The summed E-state index contributed by atoms with van der Waals surface area (Å²) in [4.78, 5) is 26.8. The number of allylic oxidation sites excluding steroid dienone is 8.